The fourth-order valence-electron chi connectivity index (χ4n) is 1.66. The van der Waals surface area contributed by atoms with Crippen molar-refractivity contribution in [1.29, 1.82) is 0 Å². The lowest BCUT2D eigenvalue weighted by Crippen LogP contribution is -2.28. The van der Waals surface area contributed by atoms with Crippen molar-refractivity contribution in [1.82, 2.24) is 5.32 Å². The van der Waals surface area contributed by atoms with Gasteiger partial charge in [-0.15, -0.1) is 0 Å². The van der Waals surface area contributed by atoms with E-state index in [0.29, 0.717) is 13.0 Å². The van der Waals surface area contributed by atoms with Crippen molar-refractivity contribution < 1.29 is 13.2 Å². The Kier molecular flexibility index (Phi) is 4.57. The van der Waals surface area contributed by atoms with Gasteiger partial charge in [0.1, 0.15) is 0 Å². The number of amides is 1. The number of nitrogens with one attached hydrogen (secondary N) is 1. The molecule has 1 aliphatic heterocycles. The zero-order valence-electron chi connectivity index (χ0n) is 8.79. The third-order valence-electron chi connectivity index (χ3n) is 2.40. The van der Waals surface area contributed by atoms with Crippen LogP contribution in [0.2, 0.25) is 0 Å². The fourth-order valence-corrected chi connectivity index (χ4v) is 3.52. The molecule has 1 rings (SSSR count). The number of sulfone groups is 1. The Bertz CT molecular complexity index is 400. The number of rotatable bonds is 5. The zero-order chi connectivity index (χ0) is 12.0. The van der Waals surface area contributed by atoms with Crippen LogP contribution < -0.4 is 5.32 Å². The van der Waals surface area contributed by atoms with E-state index in [0.717, 1.165) is 0 Å². The predicted octanol–water partition coefficient (Wildman–Crippen LogP) is 0.238. The molecule has 1 N–H and O–H groups in total. The monoisotopic (exact) mass is 246 g/mol. The first-order valence-corrected chi connectivity index (χ1v) is 6.83. The topological polar surface area (TPSA) is 112 Å². The van der Waals surface area contributed by atoms with Crippen LogP contribution in [0.25, 0.3) is 10.4 Å². The summed E-state index contributed by atoms with van der Waals surface area (Å²) in [6.45, 7) is 0.508. The SMILES string of the molecule is [N-]=[N+]=NCCNC(=O)CC1CCS(=O)(=O)C1. The molecule has 0 aliphatic carbocycles. The fraction of sp³-hybridized carbons (Fsp3) is 0.875. The summed E-state index contributed by atoms with van der Waals surface area (Å²) in [5, 5.41) is 5.84. The molecular weight excluding hydrogens is 232 g/mol. The Labute approximate surface area is 93.8 Å². The highest BCUT2D eigenvalue weighted by Gasteiger charge is 2.29. The molecule has 1 unspecified atom stereocenters. The van der Waals surface area contributed by atoms with Crippen molar-refractivity contribution in [3.8, 4) is 0 Å². The second-order valence-corrected chi connectivity index (χ2v) is 6.01. The lowest BCUT2D eigenvalue weighted by Gasteiger charge is -2.07. The Morgan fingerprint density at radius 1 is 1.56 bits per heavy atom. The quantitative estimate of drug-likeness (QED) is 0.324. The molecule has 1 heterocycles. The second kappa shape index (κ2) is 5.72. The van der Waals surface area contributed by atoms with Crippen molar-refractivity contribution in [3.05, 3.63) is 10.4 Å². The van der Waals surface area contributed by atoms with Gasteiger partial charge in [-0.3, -0.25) is 4.79 Å². The van der Waals surface area contributed by atoms with Gasteiger partial charge in [0.2, 0.25) is 5.91 Å². The van der Waals surface area contributed by atoms with Gasteiger partial charge >= 0.3 is 0 Å². The Hall–Kier alpha value is -1.27. The van der Waals surface area contributed by atoms with Crippen molar-refractivity contribution in [2.45, 2.75) is 12.8 Å². The van der Waals surface area contributed by atoms with Gasteiger partial charge in [-0.05, 0) is 17.9 Å². The molecule has 0 aromatic carbocycles. The summed E-state index contributed by atoms with van der Waals surface area (Å²) in [7, 11) is -2.92. The summed E-state index contributed by atoms with van der Waals surface area (Å²) >= 11 is 0. The number of hydrogen-bond donors (Lipinski definition) is 1. The Balaban J connectivity index is 2.22. The maximum absolute atomic E-state index is 11.3. The molecule has 0 radical (unpaired) electrons. The third-order valence-corrected chi connectivity index (χ3v) is 4.24. The average molecular weight is 246 g/mol. The molecule has 1 aliphatic rings. The van der Waals surface area contributed by atoms with Crippen molar-refractivity contribution in [2.24, 2.45) is 11.0 Å². The van der Waals surface area contributed by atoms with Crippen LogP contribution in [0, 0.1) is 5.92 Å². The van der Waals surface area contributed by atoms with E-state index in [9.17, 15) is 13.2 Å². The van der Waals surface area contributed by atoms with E-state index < -0.39 is 9.84 Å². The molecule has 1 saturated heterocycles. The van der Waals surface area contributed by atoms with Crippen molar-refractivity contribution in [2.75, 3.05) is 24.6 Å². The van der Waals surface area contributed by atoms with Gasteiger partial charge in [-0.1, -0.05) is 5.11 Å². The Morgan fingerprint density at radius 2 is 2.31 bits per heavy atom. The molecular formula is C8H14N4O3S. The van der Waals surface area contributed by atoms with Crippen LogP contribution in [-0.4, -0.2) is 38.9 Å². The van der Waals surface area contributed by atoms with E-state index >= 15 is 0 Å². The van der Waals surface area contributed by atoms with Crippen LogP contribution in [-0.2, 0) is 14.6 Å². The van der Waals surface area contributed by atoms with Gasteiger partial charge in [-0.25, -0.2) is 8.42 Å². The van der Waals surface area contributed by atoms with E-state index in [1.54, 1.807) is 0 Å². The minimum atomic E-state index is -2.92. The smallest absolute Gasteiger partial charge is 0.220 e. The number of carbonyl (C=O) groups excluding carboxylic acids is 1. The summed E-state index contributed by atoms with van der Waals surface area (Å²) in [6.07, 6.45) is 0.793. The summed E-state index contributed by atoms with van der Waals surface area (Å²) in [5.74, 6) is 0.0418. The Morgan fingerprint density at radius 3 is 2.88 bits per heavy atom. The summed E-state index contributed by atoms with van der Waals surface area (Å²) in [5.41, 5.74) is 8.00. The molecule has 8 heteroatoms. The third kappa shape index (κ3) is 4.50. The first-order valence-electron chi connectivity index (χ1n) is 5.01. The van der Waals surface area contributed by atoms with Gasteiger partial charge in [0.15, 0.2) is 9.84 Å². The summed E-state index contributed by atoms with van der Waals surface area (Å²) < 4.78 is 22.3. The first kappa shape index (κ1) is 12.8. The van der Waals surface area contributed by atoms with E-state index in [-0.39, 0.29) is 36.3 Å². The lowest BCUT2D eigenvalue weighted by atomic mass is 10.1. The van der Waals surface area contributed by atoms with E-state index in [2.05, 4.69) is 15.3 Å². The number of azide groups is 1. The maximum atomic E-state index is 11.3. The second-order valence-electron chi connectivity index (χ2n) is 3.78. The van der Waals surface area contributed by atoms with Crippen molar-refractivity contribution in [3.63, 3.8) is 0 Å². The van der Waals surface area contributed by atoms with Crippen LogP contribution in [0.3, 0.4) is 0 Å². The minimum absolute atomic E-state index is 0.0653. The maximum Gasteiger partial charge on any atom is 0.220 e. The molecule has 0 aromatic rings. The van der Waals surface area contributed by atoms with Gasteiger partial charge in [0.25, 0.3) is 0 Å². The van der Waals surface area contributed by atoms with Crippen LogP contribution in [0.1, 0.15) is 12.8 Å². The highest BCUT2D eigenvalue weighted by Crippen LogP contribution is 2.21. The molecule has 1 atom stereocenters. The molecule has 0 saturated carbocycles. The average Bonchev–Trinajstić information content (AvgIpc) is 2.53. The molecule has 16 heavy (non-hydrogen) atoms. The van der Waals surface area contributed by atoms with Gasteiger partial charge in [0, 0.05) is 24.4 Å². The molecule has 0 spiro atoms. The summed E-state index contributed by atoms with van der Waals surface area (Å²) in [4.78, 5) is 13.9. The number of hydrogen-bond acceptors (Lipinski definition) is 4. The normalized spacial score (nSPS) is 22.4. The largest absolute Gasteiger partial charge is 0.356 e. The van der Waals surface area contributed by atoms with Crippen molar-refractivity contribution >= 4 is 15.7 Å². The molecule has 1 fully saturated rings. The van der Waals surface area contributed by atoms with Crippen LogP contribution in [0.15, 0.2) is 5.11 Å². The molecule has 0 aromatic heterocycles. The van der Waals surface area contributed by atoms with E-state index in [1.807, 2.05) is 0 Å². The highest BCUT2D eigenvalue weighted by atomic mass is 32.2. The van der Waals surface area contributed by atoms with E-state index in [4.69, 9.17) is 5.53 Å². The van der Waals surface area contributed by atoms with Crippen LogP contribution in [0.5, 0.6) is 0 Å². The first-order chi connectivity index (χ1) is 7.53. The van der Waals surface area contributed by atoms with Gasteiger partial charge in [0.05, 0.1) is 11.5 Å². The molecule has 7 nitrogen and oxygen atoms in total. The predicted molar refractivity (Wildman–Crippen MR) is 58.4 cm³/mol. The minimum Gasteiger partial charge on any atom is -0.356 e. The number of carbonyl (C=O) groups is 1. The number of nitrogens with zero attached hydrogens (tertiary/aromatic N) is 3. The van der Waals surface area contributed by atoms with Crippen LogP contribution in [0.4, 0.5) is 0 Å². The highest BCUT2D eigenvalue weighted by molar-refractivity contribution is 7.91. The lowest BCUT2D eigenvalue weighted by molar-refractivity contribution is -0.121. The molecule has 1 amide bonds. The van der Waals surface area contributed by atoms with Gasteiger partial charge in [-0.2, -0.15) is 0 Å². The van der Waals surface area contributed by atoms with Crippen LogP contribution >= 0.6 is 0 Å². The van der Waals surface area contributed by atoms with Gasteiger partial charge < -0.3 is 5.32 Å². The molecule has 0 bridgehead atoms. The molecule has 90 valence electrons. The summed E-state index contributed by atoms with van der Waals surface area (Å²) in [6, 6.07) is 0. The standard InChI is InChI=1S/C8H14N4O3S/c9-12-11-3-2-10-8(13)5-7-1-4-16(14,15)6-7/h7H,1-6H2,(H,10,13). The zero-order valence-corrected chi connectivity index (χ0v) is 9.61. The van der Waals surface area contributed by atoms with E-state index in [1.165, 1.54) is 0 Å².